The number of carbonyl (C=O) groups excluding carboxylic acids is 1. The number of rotatable bonds is 7. The van der Waals surface area contributed by atoms with Crippen molar-refractivity contribution in [2.24, 2.45) is 11.8 Å². The van der Waals surface area contributed by atoms with Gasteiger partial charge in [0.15, 0.2) is 0 Å². The van der Waals surface area contributed by atoms with Gasteiger partial charge in [0.05, 0.1) is 0 Å². The monoisotopic (exact) mass is 332 g/mol. The predicted molar refractivity (Wildman–Crippen MR) is 94.2 cm³/mol. The highest BCUT2D eigenvalue weighted by Gasteiger charge is 2.34. The zero-order valence-electron chi connectivity index (χ0n) is 14.7. The largest absolute Gasteiger partial charge is 0.342 e. The van der Waals surface area contributed by atoms with E-state index in [0.29, 0.717) is 17.7 Å². The quantitative estimate of drug-likeness (QED) is 0.764. The molecule has 3 rings (SSSR count). The van der Waals surface area contributed by atoms with Crippen LogP contribution in [-0.4, -0.2) is 48.4 Å². The maximum absolute atomic E-state index is 13.3. The van der Waals surface area contributed by atoms with Crippen LogP contribution < -0.4 is 0 Å². The highest BCUT2D eigenvalue weighted by molar-refractivity contribution is 5.81. The molecule has 1 saturated carbocycles. The predicted octanol–water partition coefficient (Wildman–Crippen LogP) is 3.34. The molecule has 4 heteroatoms. The second-order valence-corrected chi connectivity index (χ2v) is 7.34. The molecule has 1 unspecified atom stereocenters. The van der Waals surface area contributed by atoms with Crippen molar-refractivity contribution in [3.63, 3.8) is 0 Å². The zero-order chi connectivity index (χ0) is 16.9. The van der Waals surface area contributed by atoms with E-state index in [9.17, 15) is 9.18 Å². The lowest BCUT2D eigenvalue weighted by Crippen LogP contribution is -2.43. The number of hydrogen-bond acceptors (Lipinski definition) is 2. The van der Waals surface area contributed by atoms with E-state index in [1.807, 2.05) is 6.07 Å². The van der Waals surface area contributed by atoms with Crippen LogP contribution in [0.15, 0.2) is 24.3 Å². The Labute approximate surface area is 144 Å². The second-order valence-electron chi connectivity index (χ2n) is 7.34. The van der Waals surface area contributed by atoms with E-state index in [1.165, 1.54) is 18.9 Å². The van der Waals surface area contributed by atoms with E-state index in [2.05, 4.69) is 16.7 Å². The third-order valence-electron chi connectivity index (χ3n) is 5.31. The van der Waals surface area contributed by atoms with Gasteiger partial charge in [0.2, 0.25) is 5.91 Å². The van der Waals surface area contributed by atoms with Crippen LogP contribution in [0.3, 0.4) is 0 Å². The van der Waals surface area contributed by atoms with Crippen molar-refractivity contribution in [2.45, 2.75) is 39.0 Å². The number of likely N-dealkylation sites (tertiary alicyclic amines) is 1. The van der Waals surface area contributed by atoms with Crippen LogP contribution in [0, 0.1) is 17.7 Å². The molecule has 24 heavy (non-hydrogen) atoms. The Morgan fingerprint density at radius 1 is 1.33 bits per heavy atom. The molecule has 1 aromatic rings. The van der Waals surface area contributed by atoms with Crippen LogP contribution in [0.2, 0.25) is 0 Å². The summed E-state index contributed by atoms with van der Waals surface area (Å²) in [4.78, 5) is 16.9. The van der Waals surface area contributed by atoms with Crippen molar-refractivity contribution >= 4 is 5.91 Å². The molecule has 0 N–H and O–H groups in total. The van der Waals surface area contributed by atoms with Gasteiger partial charge in [-0.15, -0.1) is 0 Å². The van der Waals surface area contributed by atoms with Crippen molar-refractivity contribution in [3.05, 3.63) is 35.6 Å². The summed E-state index contributed by atoms with van der Waals surface area (Å²) < 4.78 is 13.3. The summed E-state index contributed by atoms with van der Waals surface area (Å²) in [5, 5.41) is 0. The van der Waals surface area contributed by atoms with Crippen molar-refractivity contribution in [2.75, 3.05) is 32.7 Å². The summed E-state index contributed by atoms with van der Waals surface area (Å²) in [6, 6.07) is 6.91. The SMILES string of the molecule is CCN(CC1CCCN(CCc2cccc(F)c2)C1)C(=O)C1CC1. The lowest BCUT2D eigenvalue weighted by atomic mass is 9.96. The topological polar surface area (TPSA) is 23.6 Å². The molecule has 0 radical (unpaired) electrons. The van der Waals surface area contributed by atoms with Crippen molar-refractivity contribution < 1.29 is 9.18 Å². The van der Waals surface area contributed by atoms with Gasteiger partial charge in [-0.3, -0.25) is 4.79 Å². The standard InChI is InChI=1S/C20H29FN2O/c1-2-23(20(24)18-8-9-18)15-17-6-4-11-22(14-17)12-10-16-5-3-7-19(21)13-16/h3,5,7,13,17-18H,2,4,6,8-12,14-15H2,1H3. The van der Waals surface area contributed by atoms with Crippen molar-refractivity contribution in [3.8, 4) is 0 Å². The number of nitrogens with zero attached hydrogens (tertiary/aromatic N) is 2. The Morgan fingerprint density at radius 2 is 2.17 bits per heavy atom. The second kappa shape index (κ2) is 8.11. The van der Waals surface area contributed by atoms with Crippen LogP contribution in [0.25, 0.3) is 0 Å². The minimum Gasteiger partial charge on any atom is -0.342 e. The molecule has 2 aliphatic rings. The minimum absolute atomic E-state index is 0.152. The van der Waals surface area contributed by atoms with Gasteiger partial charge in [0, 0.05) is 32.1 Å². The number of benzene rings is 1. The van der Waals surface area contributed by atoms with Gasteiger partial charge in [-0.1, -0.05) is 12.1 Å². The molecule has 0 aromatic heterocycles. The highest BCUT2D eigenvalue weighted by atomic mass is 19.1. The summed E-state index contributed by atoms with van der Waals surface area (Å²) in [6.07, 6.45) is 5.47. The van der Waals surface area contributed by atoms with Crippen LogP contribution in [0.4, 0.5) is 4.39 Å². The molecule has 1 amide bonds. The third-order valence-corrected chi connectivity index (χ3v) is 5.31. The number of halogens is 1. The lowest BCUT2D eigenvalue weighted by molar-refractivity contribution is -0.133. The molecule has 1 saturated heterocycles. The minimum atomic E-state index is -0.152. The first kappa shape index (κ1) is 17.4. The van der Waals surface area contributed by atoms with Crippen LogP contribution in [0.5, 0.6) is 0 Å². The van der Waals surface area contributed by atoms with Crippen molar-refractivity contribution in [1.29, 1.82) is 0 Å². The smallest absolute Gasteiger partial charge is 0.225 e. The molecule has 0 spiro atoms. The van der Waals surface area contributed by atoms with Gasteiger partial charge in [-0.05, 0) is 69.2 Å². The maximum Gasteiger partial charge on any atom is 0.225 e. The fourth-order valence-electron chi connectivity index (χ4n) is 3.76. The van der Waals surface area contributed by atoms with E-state index >= 15 is 0 Å². The fourth-order valence-corrected chi connectivity index (χ4v) is 3.76. The number of hydrogen-bond donors (Lipinski definition) is 0. The third kappa shape index (κ3) is 4.79. The molecule has 1 aliphatic carbocycles. The summed E-state index contributed by atoms with van der Waals surface area (Å²) in [5.74, 6) is 1.11. The molecule has 3 nitrogen and oxygen atoms in total. The van der Waals surface area contributed by atoms with Crippen molar-refractivity contribution in [1.82, 2.24) is 9.80 Å². The molecule has 1 heterocycles. The fraction of sp³-hybridized carbons (Fsp3) is 0.650. The van der Waals surface area contributed by atoms with Gasteiger partial charge in [0.1, 0.15) is 5.82 Å². The van der Waals surface area contributed by atoms with Crippen LogP contribution in [-0.2, 0) is 11.2 Å². The van der Waals surface area contributed by atoms with E-state index < -0.39 is 0 Å². The van der Waals surface area contributed by atoms with Gasteiger partial charge in [-0.2, -0.15) is 0 Å². The van der Waals surface area contributed by atoms with Crippen LogP contribution in [0.1, 0.15) is 38.2 Å². The first-order valence-corrected chi connectivity index (χ1v) is 9.41. The van der Waals surface area contributed by atoms with E-state index in [0.717, 1.165) is 57.5 Å². The average molecular weight is 332 g/mol. The van der Waals surface area contributed by atoms with Crippen LogP contribution >= 0.6 is 0 Å². The molecule has 1 aliphatic heterocycles. The number of piperidine rings is 1. The first-order valence-electron chi connectivity index (χ1n) is 9.41. The van der Waals surface area contributed by atoms with Gasteiger partial charge >= 0.3 is 0 Å². The normalized spacial score (nSPS) is 21.7. The Bertz CT molecular complexity index is 558. The summed E-state index contributed by atoms with van der Waals surface area (Å²) >= 11 is 0. The molecule has 1 atom stereocenters. The Kier molecular flexibility index (Phi) is 5.88. The molecule has 0 bridgehead atoms. The van der Waals surface area contributed by atoms with Gasteiger partial charge in [0.25, 0.3) is 0 Å². The number of carbonyl (C=O) groups is 1. The molecular formula is C20H29FN2O. The molecular weight excluding hydrogens is 303 g/mol. The Balaban J connectivity index is 1.47. The molecule has 1 aromatic carbocycles. The Morgan fingerprint density at radius 3 is 2.88 bits per heavy atom. The Hall–Kier alpha value is -1.42. The summed E-state index contributed by atoms with van der Waals surface area (Å²) in [5.41, 5.74) is 1.07. The van der Waals surface area contributed by atoms with E-state index in [-0.39, 0.29) is 5.82 Å². The highest BCUT2D eigenvalue weighted by Crippen LogP contribution is 2.31. The zero-order valence-corrected chi connectivity index (χ0v) is 14.7. The van der Waals surface area contributed by atoms with E-state index in [1.54, 1.807) is 12.1 Å². The van der Waals surface area contributed by atoms with E-state index in [4.69, 9.17) is 0 Å². The summed E-state index contributed by atoms with van der Waals surface area (Å²) in [7, 11) is 0. The number of amides is 1. The molecule has 132 valence electrons. The first-order chi connectivity index (χ1) is 11.7. The summed E-state index contributed by atoms with van der Waals surface area (Å²) in [6.45, 7) is 6.98. The van der Waals surface area contributed by atoms with Gasteiger partial charge in [-0.25, -0.2) is 4.39 Å². The molecule has 2 fully saturated rings. The lowest BCUT2D eigenvalue weighted by Gasteiger charge is -2.35. The van der Waals surface area contributed by atoms with Gasteiger partial charge < -0.3 is 9.80 Å². The average Bonchev–Trinajstić information content (AvgIpc) is 3.43. The maximum atomic E-state index is 13.3.